The Kier molecular flexibility index (Phi) is 4.92. The van der Waals surface area contributed by atoms with E-state index in [9.17, 15) is 13.2 Å². The van der Waals surface area contributed by atoms with E-state index >= 15 is 0 Å². The van der Waals surface area contributed by atoms with Gasteiger partial charge in [0.25, 0.3) is 0 Å². The molecule has 0 fully saturated rings. The summed E-state index contributed by atoms with van der Waals surface area (Å²) in [6.45, 7) is 1.61. The molecule has 0 saturated heterocycles. The van der Waals surface area contributed by atoms with Gasteiger partial charge in [0.1, 0.15) is 5.82 Å². The van der Waals surface area contributed by atoms with Crippen LogP contribution >= 0.6 is 0 Å². The highest BCUT2D eigenvalue weighted by Crippen LogP contribution is 2.30. The Morgan fingerprint density at radius 1 is 1.23 bits per heavy atom. The number of alkyl halides is 3. The van der Waals surface area contributed by atoms with E-state index in [4.69, 9.17) is 5.11 Å². The van der Waals surface area contributed by atoms with E-state index in [1.165, 1.54) is 24.5 Å². The number of hydrogen-bond acceptors (Lipinski definition) is 5. The molecule has 0 radical (unpaired) electrons. The number of hydrogen-bond donors (Lipinski definition) is 2. The maximum absolute atomic E-state index is 13.0. The third-order valence-electron chi connectivity index (χ3n) is 3.02. The summed E-state index contributed by atoms with van der Waals surface area (Å²) < 4.78 is 39.0. The first-order valence-corrected chi connectivity index (χ1v) is 6.68. The van der Waals surface area contributed by atoms with Crippen LogP contribution in [0.15, 0.2) is 30.6 Å². The molecule has 0 spiro atoms. The van der Waals surface area contributed by atoms with Gasteiger partial charge < -0.3 is 10.4 Å². The highest BCUT2D eigenvalue weighted by Gasteiger charge is 2.34. The Morgan fingerprint density at radius 3 is 2.45 bits per heavy atom. The number of aliphatic hydroxyl groups excluding tert-OH is 1. The molecule has 1 atom stereocenters. The van der Waals surface area contributed by atoms with Crippen LogP contribution in [0, 0.1) is 0 Å². The molecule has 0 aliphatic heterocycles. The molecule has 5 nitrogen and oxygen atoms in total. The Labute approximate surface area is 125 Å². The van der Waals surface area contributed by atoms with Crippen LogP contribution in [0.25, 0.3) is 11.4 Å². The summed E-state index contributed by atoms with van der Waals surface area (Å²) in [6.07, 6.45) is -1.13. The van der Waals surface area contributed by atoms with Gasteiger partial charge in [-0.1, -0.05) is 6.92 Å². The van der Waals surface area contributed by atoms with Crippen molar-refractivity contribution in [2.75, 3.05) is 11.9 Å². The fraction of sp³-hybridized carbons (Fsp3) is 0.357. The van der Waals surface area contributed by atoms with Gasteiger partial charge in [0, 0.05) is 24.0 Å². The lowest BCUT2D eigenvalue weighted by Gasteiger charge is -2.16. The van der Waals surface area contributed by atoms with Gasteiger partial charge in [0.2, 0.25) is 0 Å². The van der Waals surface area contributed by atoms with Crippen molar-refractivity contribution in [3.05, 3.63) is 36.3 Å². The topological polar surface area (TPSA) is 70.9 Å². The van der Waals surface area contributed by atoms with Gasteiger partial charge in [-0.2, -0.15) is 13.2 Å². The molecule has 8 heteroatoms. The molecule has 2 aromatic rings. The van der Waals surface area contributed by atoms with Crippen molar-refractivity contribution in [1.82, 2.24) is 15.0 Å². The normalized spacial score (nSPS) is 13.0. The molecule has 0 aliphatic carbocycles. The lowest BCUT2D eigenvalue weighted by molar-refractivity contribution is -0.141. The van der Waals surface area contributed by atoms with E-state index in [1.807, 2.05) is 6.92 Å². The van der Waals surface area contributed by atoms with Crippen LogP contribution in [-0.2, 0) is 6.18 Å². The van der Waals surface area contributed by atoms with Gasteiger partial charge in [0.15, 0.2) is 11.5 Å². The molecule has 22 heavy (non-hydrogen) atoms. The van der Waals surface area contributed by atoms with Crippen LogP contribution in [-0.4, -0.2) is 32.7 Å². The summed E-state index contributed by atoms with van der Waals surface area (Å²) in [5.74, 6) is -0.0254. The number of rotatable bonds is 5. The number of halogens is 3. The number of nitrogens with zero attached hydrogens (tertiary/aromatic N) is 3. The van der Waals surface area contributed by atoms with E-state index in [1.54, 1.807) is 0 Å². The van der Waals surface area contributed by atoms with Crippen LogP contribution < -0.4 is 5.32 Å². The smallest absolute Gasteiger partial charge is 0.394 e. The summed E-state index contributed by atoms with van der Waals surface area (Å²) >= 11 is 0. The Balaban J connectivity index is 2.46. The van der Waals surface area contributed by atoms with Gasteiger partial charge in [-0.25, -0.2) is 9.97 Å². The predicted octanol–water partition coefficient (Wildman–Crippen LogP) is 2.74. The molecule has 2 N–H and O–H groups in total. The van der Waals surface area contributed by atoms with Crippen molar-refractivity contribution in [1.29, 1.82) is 0 Å². The van der Waals surface area contributed by atoms with Gasteiger partial charge in [0.05, 0.1) is 12.6 Å². The standard InChI is InChI=1S/C14H15F3N4O/c1-2-10(8-22)19-12-7-11(14(15,16)17)20-13(21-12)9-3-5-18-6-4-9/h3-7,10,22H,2,8H2,1H3,(H,19,20,21). The van der Waals surface area contributed by atoms with Crippen LogP contribution in [0.2, 0.25) is 0 Å². The number of anilines is 1. The Hall–Kier alpha value is -2.22. The van der Waals surface area contributed by atoms with Crippen LogP contribution in [0.5, 0.6) is 0 Å². The number of aromatic nitrogens is 3. The minimum Gasteiger partial charge on any atom is -0.394 e. The highest BCUT2D eigenvalue weighted by molar-refractivity contribution is 5.57. The number of aliphatic hydroxyl groups is 1. The second-order valence-electron chi connectivity index (χ2n) is 4.63. The van der Waals surface area contributed by atoms with E-state index in [2.05, 4.69) is 20.3 Å². The van der Waals surface area contributed by atoms with Crippen molar-refractivity contribution in [2.45, 2.75) is 25.6 Å². The summed E-state index contributed by atoms with van der Waals surface area (Å²) in [5.41, 5.74) is -0.606. The summed E-state index contributed by atoms with van der Waals surface area (Å²) in [5, 5.41) is 12.0. The average molecular weight is 312 g/mol. The van der Waals surface area contributed by atoms with Gasteiger partial charge in [-0.3, -0.25) is 4.98 Å². The monoisotopic (exact) mass is 312 g/mol. The molecule has 1 unspecified atom stereocenters. The molecular formula is C14H15F3N4O. The molecule has 0 aliphatic rings. The first-order chi connectivity index (χ1) is 10.4. The molecule has 0 aromatic carbocycles. The summed E-state index contributed by atoms with van der Waals surface area (Å²) in [4.78, 5) is 11.5. The van der Waals surface area contributed by atoms with Crippen molar-refractivity contribution < 1.29 is 18.3 Å². The third-order valence-corrected chi connectivity index (χ3v) is 3.02. The number of pyridine rings is 1. The van der Waals surface area contributed by atoms with Gasteiger partial charge in [-0.05, 0) is 18.6 Å². The maximum atomic E-state index is 13.0. The zero-order chi connectivity index (χ0) is 16.2. The second-order valence-corrected chi connectivity index (χ2v) is 4.63. The van der Waals surface area contributed by atoms with Crippen LogP contribution in [0.3, 0.4) is 0 Å². The zero-order valence-electron chi connectivity index (χ0n) is 11.8. The predicted molar refractivity (Wildman–Crippen MR) is 75.1 cm³/mol. The van der Waals surface area contributed by atoms with Crippen molar-refractivity contribution >= 4 is 5.82 Å². The molecule has 2 aromatic heterocycles. The van der Waals surface area contributed by atoms with E-state index in [0.29, 0.717) is 12.0 Å². The van der Waals surface area contributed by atoms with Crippen molar-refractivity contribution in [3.8, 4) is 11.4 Å². The van der Waals surface area contributed by atoms with Gasteiger partial charge in [-0.15, -0.1) is 0 Å². The minimum absolute atomic E-state index is 0.0232. The zero-order valence-corrected chi connectivity index (χ0v) is 11.8. The lowest BCUT2D eigenvalue weighted by Crippen LogP contribution is -2.24. The van der Waals surface area contributed by atoms with E-state index in [0.717, 1.165) is 6.07 Å². The fourth-order valence-electron chi connectivity index (χ4n) is 1.78. The molecule has 0 saturated carbocycles. The van der Waals surface area contributed by atoms with Crippen LogP contribution in [0.1, 0.15) is 19.0 Å². The molecular weight excluding hydrogens is 297 g/mol. The lowest BCUT2D eigenvalue weighted by atomic mass is 10.2. The first kappa shape index (κ1) is 16.2. The molecule has 2 heterocycles. The molecule has 0 amide bonds. The fourth-order valence-corrected chi connectivity index (χ4v) is 1.78. The van der Waals surface area contributed by atoms with Crippen molar-refractivity contribution in [3.63, 3.8) is 0 Å². The highest BCUT2D eigenvalue weighted by atomic mass is 19.4. The Bertz CT molecular complexity index is 615. The van der Waals surface area contributed by atoms with Crippen LogP contribution in [0.4, 0.5) is 19.0 Å². The summed E-state index contributed by atoms with van der Waals surface area (Å²) in [6, 6.07) is 3.52. The molecule has 0 bridgehead atoms. The molecule has 2 rings (SSSR count). The third kappa shape index (κ3) is 3.91. The summed E-state index contributed by atoms with van der Waals surface area (Å²) in [7, 11) is 0. The van der Waals surface area contributed by atoms with Gasteiger partial charge >= 0.3 is 6.18 Å². The Morgan fingerprint density at radius 2 is 1.91 bits per heavy atom. The van der Waals surface area contributed by atoms with E-state index in [-0.39, 0.29) is 24.3 Å². The largest absolute Gasteiger partial charge is 0.433 e. The SMILES string of the molecule is CCC(CO)Nc1cc(C(F)(F)F)nc(-c2ccncc2)n1. The average Bonchev–Trinajstić information content (AvgIpc) is 2.52. The second kappa shape index (κ2) is 6.69. The molecule has 118 valence electrons. The van der Waals surface area contributed by atoms with Crippen molar-refractivity contribution in [2.24, 2.45) is 0 Å². The quantitative estimate of drug-likeness (QED) is 0.888. The van der Waals surface area contributed by atoms with E-state index < -0.39 is 11.9 Å². The minimum atomic E-state index is -4.58. The maximum Gasteiger partial charge on any atom is 0.433 e. The first-order valence-electron chi connectivity index (χ1n) is 6.68. The number of nitrogens with one attached hydrogen (secondary N) is 1.